The molecular formula is C10H15NO. The summed E-state index contributed by atoms with van der Waals surface area (Å²) in [6, 6.07) is 0. The molecule has 2 aliphatic rings. The van der Waals surface area contributed by atoms with Crippen LogP contribution in [0.25, 0.3) is 0 Å². The van der Waals surface area contributed by atoms with Gasteiger partial charge in [-0.1, -0.05) is 5.92 Å². The van der Waals surface area contributed by atoms with Crippen LogP contribution in [-0.2, 0) is 0 Å². The van der Waals surface area contributed by atoms with Gasteiger partial charge in [0.2, 0.25) is 0 Å². The number of hydrogen-bond donors (Lipinski definition) is 2. The molecule has 0 aromatic carbocycles. The second-order valence-electron chi connectivity index (χ2n) is 3.79. The van der Waals surface area contributed by atoms with E-state index < -0.39 is 0 Å². The summed E-state index contributed by atoms with van der Waals surface area (Å²) in [6.07, 6.45) is 3.28. The first-order valence-corrected chi connectivity index (χ1v) is 4.73. The summed E-state index contributed by atoms with van der Waals surface area (Å²) in [6.45, 7) is 1.68. The number of rotatable bonds is 1. The van der Waals surface area contributed by atoms with Crippen LogP contribution in [0.5, 0.6) is 0 Å². The first-order chi connectivity index (χ1) is 5.86. The van der Waals surface area contributed by atoms with Crippen molar-refractivity contribution < 1.29 is 5.11 Å². The number of aliphatic hydroxyl groups is 1. The van der Waals surface area contributed by atoms with Crippen LogP contribution in [-0.4, -0.2) is 24.3 Å². The van der Waals surface area contributed by atoms with Crippen molar-refractivity contribution in [2.45, 2.75) is 25.4 Å². The molecule has 1 aliphatic carbocycles. The number of hydrogen-bond acceptors (Lipinski definition) is 2. The Hall–Kier alpha value is -0.520. The summed E-state index contributed by atoms with van der Waals surface area (Å²) in [7, 11) is 0. The number of aliphatic hydroxyl groups excluding tert-OH is 1. The van der Waals surface area contributed by atoms with E-state index >= 15 is 0 Å². The van der Waals surface area contributed by atoms with Crippen molar-refractivity contribution in [2.75, 3.05) is 13.1 Å². The maximum Gasteiger partial charge on any atom is 0.0713 e. The molecular weight excluding hydrogens is 150 g/mol. The molecule has 2 N–H and O–H groups in total. The number of β-amino-alcohol motifs (C(OH)–C–C–N with tert-alkyl or cyclic N) is 1. The van der Waals surface area contributed by atoms with Crippen molar-refractivity contribution in [3.8, 4) is 11.8 Å². The van der Waals surface area contributed by atoms with Crippen molar-refractivity contribution in [1.82, 2.24) is 5.32 Å². The van der Waals surface area contributed by atoms with Crippen LogP contribution in [0.1, 0.15) is 19.3 Å². The summed E-state index contributed by atoms with van der Waals surface area (Å²) in [5.41, 5.74) is 0. The van der Waals surface area contributed by atoms with Gasteiger partial charge in [0.05, 0.1) is 6.10 Å². The second kappa shape index (κ2) is 3.47. The third-order valence-corrected chi connectivity index (χ3v) is 2.55. The van der Waals surface area contributed by atoms with Crippen LogP contribution in [0, 0.1) is 23.7 Å². The first-order valence-electron chi connectivity index (χ1n) is 4.73. The highest BCUT2D eigenvalue weighted by molar-refractivity contribution is 5.10. The summed E-state index contributed by atoms with van der Waals surface area (Å²) < 4.78 is 0. The maximum absolute atomic E-state index is 9.44. The van der Waals surface area contributed by atoms with E-state index in [0.717, 1.165) is 19.5 Å². The van der Waals surface area contributed by atoms with Gasteiger partial charge in [-0.2, -0.15) is 0 Å². The highest BCUT2D eigenvalue weighted by Crippen LogP contribution is 2.27. The molecule has 0 aromatic rings. The molecule has 0 aromatic heterocycles. The van der Waals surface area contributed by atoms with Gasteiger partial charge in [0, 0.05) is 31.3 Å². The molecule has 2 atom stereocenters. The Morgan fingerprint density at radius 1 is 1.33 bits per heavy atom. The van der Waals surface area contributed by atoms with Gasteiger partial charge in [-0.15, -0.1) is 5.92 Å². The topological polar surface area (TPSA) is 32.3 Å². The Bertz CT molecular complexity index is 212. The molecule has 0 spiro atoms. The van der Waals surface area contributed by atoms with E-state index in [0.29, 0.717) is 11.8 Å². The van der Waals surface area contributed by atoms with Crippen molar-refractivity contribution >= 4 is 0 Å². The molecule has 12 heavy (non-hydrogen) atoms. The minimum absolute atomic E-state index is 0.168. The Balaban J connectivity index is 1.75. The monoisotopic (exact) mass is 165 g/mol. The van der Waals surface area contributed by atoms with Crippen LogP contribution in [0.3, 0.4) is 0 Å². The van der Waals surface area contributed by atoms with E-state index in [4.69, 9.17) is 0 Å². The quantitative estimate of drug-likeness (QED) is 0.550. The molecule has 1 saturated heterocycles. The van der Waals surface area contributed by atoms with Crippen molar-refractivity contribution in [3.63, 3.8) is 0 Å². The Morgan fingerprint density at radius 3 is 2.75 bits per heavy atom. The molecule has 0 bridgehead atoms. The third kappa shape index (κ3) is 2.00. The van der Waals surface area contributed by atoms with Crippen molar-refractivity contribution in [1.29, 1.82) is 0 Å². The van der Waals surface area contributed by atoms with Crippen LogP contribution in [0.4, 0.5) is 0 Å². The van der Waals surface area contributed by atoms with Gasteiger partial charge < -0.3 is 10.4 Å². The maximum atomic E-state index is 9.44. The van der Waals surface area contributed by atoms with Gasteiger partial charge in [-0.3, -0.25) is 0 Å². The van der Waals surface area contributed by atoms with E-state index in [1.54, 1.807) is 0 Å². The van der Waals surface area contributed by atoms with E-state index in [9.17, 15) is 5.11 Å². The summed E-state index contributed by atoms with van der Waals surface area (Å²) in [4.78, 5) is 0. The van der Waals surface area contributed by atoms with E-state index in [1.165, 1.54) is 12.8 Å². The molecule has 0 amide bonds. The minimum atomic E-state index is -0.168. The second-order valence-corrected chi connectivity index (χ2v) is 3.79. The van der Waals surface area contributed by atoms with Gasteiger partial charge in [0.25, 0.3) is 0 Å². The molecule has 1 heterocycles. The normalized spacial score (nSPS) is 34.4. The van der Waals surface area contributed by atoms with E-state index in [2.05, 4.69) is 17.2 Å². The fourth-order valence-electron chi connectivity index (χ4n) is 1.49. The fourth-order valence-corrected chi connectivity index (χ4v) is 1.49. The zero-order chi connectivity index (χ0) is 8.39. The van der Waals surface area contributed by atoms with Crippen molar-refractivity contribution in [3.05, 3.63) is 0 Å². The predicted octanol–water partition coefficient (Wildman–Crippen LogP) is 0.370. The lowest BCUT2D eigenvalue weighted by atomic mass is 10.0. The third-order valence-electron chi connectivity index (χ3n) is 2.55. The lowest BCUT2D eigenvalue weighted by Crippen LogP contribution is -2.17. The largest absolute Gasteiger partial charge is 0.391 e. The Kier molecular flexibility index (Phi) is 2.34. The van der Waals surface area contributed by atoms with Gasteiger partial charge in [0.15, 0.2) is 0 Å². The van der Waals surface area contributed by atoms with Crippen LogP contribution in [0.15, 0.2) is 0 Å². The highest BCUT2D eigenvalue weighted by atomic mass is 16.3. The average Bonchev–Trinajstić information content (AvgIpc) is 2.78. The first kappa shape index (κ1) is 8.10. The molecule has 1 saturated carbocycles. The molecule has 1 aliphatic heterocycles. The molecule has 0 radical (unpaired) electrons. The van der Waals surface area contributed by atoms with Crippen LogP contribution < -0.4 is 5.32 Å². The van der Waals surface area contributed by atoms with Crippen LogP contribution in [0.2, 0.25) is 0 Å². The molecule has 2 rings (SSSR count). The molecule has 2 fully saturated rings. The summed E-state index contributed by atoms with van der Waals surface area (Å²) >= 11 is 0. The van der Waals surface area contributed by atoms with Crippen LogP contribution >= 0.6 is 0 Å². The smallest absolute Gasteiger partial charge is 0.0713 e. The standard InChI is InChI=1S/C10H15NO/c12-10-7-11-6-9(10)3-1-2-8-4-5-8/h8-12H,3-7H2/t9-,10-/m1/s1. The zero-order valence-electron chi connectivity index (χ0n) is 7.21. The van der Waals surface area contributed by atoms with Gasteiger partial charge >= 0.3 is 0 Å². The molecule has 2 heteroatoms. The van der Waals surface area contributed by atoms with Crippen molar-refractivity contribution in [2.24, 2.45) is 11.8 Å². The molecule has 0 unspecified atom stereocenters. The lowest BCUT2D eigenvalue weighted by Gasteiger charge is -2.07. The Labute approximate surface area is 73.4 Å². The minimum Gasteiger partial charge on any atom is -0.391 e. The molecule has 2 nitrogen and oxygen atoms in total. The average molecular weight is 165 g/mol. The highest BCUT2D eigenvalue weighted by Gasteiger charge is 2.24. The fraction of sp³-hybridized carbons (Fsp3) is 0.800. The number of nitrogens with one attached hydrogen (secondary N) is 1. The predicted molar refractivity (Wildman–Crippen MR) is 47.5 cm³/mol. The summed E-state index contributed by atoms with van der Waals surface area (Å²) in [5, 5.41) is 12.6. The van der Waals surface area contributed by atoms with Gasteiger partial charge in [-0.25, -0.2) is 0 Å². The summed E-state index contributed by atoms with van der Waals surface area (Å²) in [5.74, 6) is 7.45. The SMILES string of the molecule is O[C@@H]1CNC[C@H]1CC#CC1CC1. The van der Waals surface area contributed by atoms with E-state index in [1.807, 2.05) is 0 Å². The lowest BCUT2D eigenvalue weighted by molar-refractivity contribution is 0.150. The zero-order valence-corrected chi connectivity index (χ0v) is 7.21. The Morgan fingerprint density at radius 2 is 2.17 bits per heavy atom. The molecule has 66 valence electrons. The van der Waals surface area contributed by atoms with E-state index in [-0.39, 0.29) is 6.10 Å². The van der Waals surface area contributed by atoms with Gasteiger partial charge in [-0.05, 0) is 12.8 Å². The van der Waals surface area contributed by atoms with Gasteiger partial charge in [0.1, 0.15) is 0 Å².